The van der Waals surface area contributed by atoms with Gasteiger partial charge in [-0.15, -0.1) is 0 Å². The van der Waals surface area contributed by atoms with E-state index >= 15 is 0 Å². The zero-order valence-electron chi connectivity index (χ0n) is 10.3. The lowest BCUT2D eigenvalue weighted by molar-refractivity contribution is 0.610. The summed E-state index contributed by atoms with van der Waals surface area (Å²) in [5.41, 5.74) is 7.43. The summed E-state index contributed by atoms with van der Waals surface area (Å²) in [5.74, 6) is -0.176. The minimum Gasteiger partial charge on any atom is -0.369 e. The number of anilines is 1. The Labute approximate surface area is 97.3 Å². The molecule has 90 valence electrons. The first-order valence-electron chi connectivity index (χ1n) is 5.90. The molecule has 0 fully saturated rings. The Morgan fingerprint density at radius 3 is 2.56 bits per heavy atom. The van der Waals surface area contributed by atoms with E-state index in [9.17, 15) is 4.39 Å². The largest absolute Gasteiger partial charge is 0.369 e. The first kappa shape index (κ1) is 13.0. The summed E-state index contributed by atoms with van der Waals surface area (Å²) in [7, 11) is 0. The monoisotopic (exact) mass is 224 g/mol. The highest BCUT2D eigenvalue weighted by molar-refractivity contribution is 5.56. The standard InChI is InChI=1S/C13H21FN2/c1-4-9-16(5-2)13-11(10(3)15)7-6-8-12(13)14/h6-8,10H,4-5,9,15H2,1-3H3. The Morgan fingerprint density at radius 2 is 2.06 bits per heavy atom. The van der Waals surface area contributed by atoms with Crippen LogP contribution in [0.1, 0.15) is 38.8 Å². The van der Waals surface area contributed by atoms with Crippen LogP contribution in [-0.2, 0) is 0 Å². The summed E-state index contributed by atoms with van der Waals surface area (Å²) < 4.78 is 13.9. The zero-order chi connectivity index (χ0) is 12.1. The molecule has 0 aliphatic rings. The van der Waals surface area contributed by atoms with Crippen LogP contribution in [0.15, 0.2) is 18.2 Å². The Morgan fingerprint density at radius 1 is 1.38 bits per heavy atom. The molecule has 0 bridgehead atoms. The van der Waals surface area contributed by atoms with Crippen molar-refractivity contribution in [2.45, 2.75) is 33.2 Å². The van der Waals surface area contributed by atoms with Crippen molar-refractivity contribution < 1.29 is 4.39 Å². The fourth-order valence-electron chi connectivity index (χ4n) is 1.93. The van der Waals surface area contributed by atoms with Gasteiger partial charge in [-0.3, -0.25) is 0 Å². The predicted molar refractivity (Wildman–Crippen MR) is 67.2 cm³/mol. The molecule has 1 aromatic rings. The number of nitrogens with zero attached hydrogens (tertiary/aromatic N) is 1. The van der Waals surface area contributed by atoms with Gasteiger partial charge in [-0.2, -0.15) is 0 Å². The summed E-state index contributed by atoms with van der Waals surface area (Å²) in [4.78, 5) is 2.05. The molecular formula is C13H21FN2. The van der Waals surface area contributed by atoms with Crippen LogP contribution in [0.4, 0.5) is 10.1 Å². The fraction of sp³-hybridized carbons (Fsp3) is 0.538. The van der Waals surface area contributed by atoms with E-state index in [1.165, 1.54) is 6.07 Å². The quantitative estimate of drug-likeness (QED) is 0.832. The van der Waals surface area contributed by atoms with Crippen molar-refractivity contribution in [1.29, 1.82) is 0 Å². The van der Waals surface area contributed by atoms with Crippen molar-refractivity contribution in [2.24, 2.45) is 5.73 Å². The Kier molecular flexibility index (Phi) is 4.74. The Bertz CT molecular complexity index is 337. The van der Waals surface area contributed by atoms with Gasteiger partial charge in [0.25, 0.3) is 0 Å². The minimum absolute atomic E-state index is 0.142. The molecule has 0 spiro atoms. The molecule has 0 saturated carbocycles. The lowest BCUT2D eigenvalue weighted by Gasteiger charge is -2.27. The molecule has 0 aromatic heterocycles. The van der Waals surface area contributed by atoms with Crippen molar-refractivity contribution in [3.8, 4) is 0 Å². The van der Waals surface area contributed by atoms with Gasteiger partial charge in [0.05, 0.1) is 5.69 Å². The lowest BCUT2D eigenvalue weighted by Crippen LogP contribution is -2.27. The highest BCUT2D eigenvalue weighted by Crippen LogP contribution is 2.28. The van der Waals surface area contributed by atoms with Gasteiger partial charge in [-0.25, -0.2) is 4.39 Å². The molecule has 0 radical (unpaired) electrons. The maximum absolute atomic E-state index is 13.9. The molecule has 1 rings (SSSR count). The van der Waals surface area contributed by atoms with Crippen molar-refractivity contribution in [2.75, 3.05) is 18.0 Å². The first-order valence-corrected chi connectivity index (χ1v) is 5.90. The van der Waals surface area contributed by atoms with Crippen LogP contribution in [0, 0.1) is 5.82 Å². The number of halogens is 1. The second-order valence-corrected chi connectivity index (χ2v) is 4.05. The SMILES string of the molecule is CCCN(CC)c1c(F)cccc1C(C)N. The molecule has 0 saturated heterocycles. The minimum atomic E-state index is -0.176. The summed E-state index contributed by atoms with van der Waals surface area (Å²) in [6.07, 6.45) is 1.00. The van der Waals surface area contributed by atoms with Crippen LogP contribution in [0.2, 0.25) is 0 Å². The average molecular weight is 224 g/mol. The smallest absolute Gasteiger partial charge is 0.146 e. The third-order valence-corrected chi connectivity index (χ3v) is 2.70. The van der Waals surface area contributed by atoms with E-state index in [2.05, 4.69) is 6.92 Å². The second kappa shape index (κ2) is 5.85. The molecule has 1 unspecified atom stereocenters. The lowest BCUT2D eigenvalue weighted by atomic mass is 10.1. The molecule has 1 atom stereocenters. The van der Waals surface area contributed by atoms with E-state index in [0.29, 0.717) is 5.69 Å². The first-order chi connectivity index (χ1) is 7.61. The van der Waals surface area contributed by atoms with Crippen LogP contribution in [-0.4, -0.2) is 13.1 Å². The third-order valence-electron chi connectivity index (χ3n) is 2.70. The number of rotatable bonds is 5. The van der Waals surface area contributed by atoms with Crippen LogP contribution < -0.4 is 10.6 Å². The Balaban J connectivity index is 3.17. The maximum Gasteiger partial charge on any atom is 0.146 e. The third kappa shape index (κ3) is 2.73. The van der Waals surface area contributed by atoms with Gasteiger partial charge in [0.15, 0.2) is 0 Å². The fourth-order valence-corrected chi connectivity index (χ4v) is 1.93. The van der Waals surface area contributed by atoms with Gasteiger partial charge in [-0.05, 0) is 31.9 Å². The van der Waals surface area contributed by atoms with Crippen LogP contribution in [0.3, 0.4) is 0 Å². The van der Waals surface area contributed by atoms with E-state index in [0.717, 1.165) is 25.1 Å². The van der Waals surface area contributed by atoms with Crippen molar-refractivity contribution in [3.63, 3.8) is 0 Å². The molecule has 0 aliphatic heterocycles. The summed E-state index contributed by atoms with van der Waals surface area (Å²) in [5, 5.41) is 0. The van der Waals surface area contributed by atoms with Gasteiger partial charge in [0.2, 0.25) is 0 Å². The summed E-state index contributed by atoms with van der Waals surface area (Å²) in [6.45, 7) is 7.67. The van der Waals surface area contributed by atoms with E-state index < -0.39 is 0 Å². The number of nitrogens with two attached hydrogens (primary N) is 1. The van der Waals surface area contributed by atoms with Crippen LogP contribution >= 0.6 is 0 Å². The van der Waals surface area contributed by atoms with Crippen molar-refractivity contribution in [1.82, 2.24) is 0 Å². The molecule has 0 amide bonds. The van der Waals surface area contributed by atoms with Crippen LogP contribution in [0.25, 0.3) is 0 Å². The molecular weight excluding hydrogens is 203 g/mol. The summed E-state index contributed by atoms with van der Waals surface area (Å²) >= 11 is 0. The maximum atomic E-state index is 13.9. The number of hydrogen-bond acceptors (Lipinski definition) is 2. The second-order valence-electron chi connectivity index (χ2n) is 4.05. The van der Waals surface area contributed by atoms with E-state index in [4.69, 9.17) is 5.73 Å². The topological polar surface area (TPSA) is 29.3 Å². The average Bonchev–Trinajstić information content (AvgIpc) is 2.26. The molecule has 0 heterocycles. The predicted octanol–water partition coefficient (Wildman–Crippen LogP) is 3.08. The normalized spacial score (nSPS) is 12.6. The van der Waals surface area contributed by atoms with Crippen molar-refractivity contribution in [3.05, 3.63) is 29.6 Å². The zero-order valence-corrected chi connectivity index (χ0v) is 10.3. The van der Waals surface area contributed by atoms with Gasteiger partial charge >= 0.3 is 0 Å². The number of hydrogen-bond donors (Lipinski definition) is 1. The van der Waals surface area contributed by atoms with Gasteiger partial charge in [0.1, 0.15) is 5.82 Å². The highest BCUT2D eigenvalue weighted by atomic mass is 19.1. The molecule has 2 nitrogen and oxygen atoms in total. The van der Waals surface area contributed by atoms with Crippen LogP contribution in [0.5, 0.6) is 0 Å². The van der Waals surface area contributed by atoms with Crippen molar-refractivity contribution >= 4 is 5.69 Å². The van der Waals surface area contributed by atoms with Gasteiger partial charge in [0, 0.05) is 19.1 Å². The van der Waals surface area contributed by atoms with Gasteiger partial charge < -0.3 is 10.6 Å². The highest BCUT2D eigenvalue weighted by Gasteiger charge is 2.16. The van der Waals surface area contributed by atoms with Gasteiger partial charge in [-0.1, -0.05) is 19.1 Å². The Hall–Kier alpha value is -1.09. The molecule has 3 heteroatoms. The molecule has 1 aromatic carbocycles. The number of benzene rings is 1. The molecule has 0 aliphatic carbocycles. The summed E-state index contributed by atoms with van der Waals surface area (Å²) in [6, 6.07) is 4.98. The van der Waals surface area contributed by atoms with E-state index in [-0.39, 0.29) is 11.9 Å². The molecule has 16 heavy (non-hydrogen) atoms. The molecule has 2 N–H and O–H groups in total. The number of para-hydroxylation sites is 1. The van der Waals surface area contributed by atoms with E-state index in [1.807, 2.05) is 24.8 Å². The van der Waals surface area contributed by atoms with E-state index in [1.54, 1.807) is 6.07 Å².